The predicted octanol–water partition coefficient (Wildman–Crippen LogP) is 2.83. The van der Waals surface area contributed by atoms with Crippen molar-refractivity contribution in [1.29, 1.82) is 0 Å². The largest absolute Gasteiger partial charge is 0.491 e. The van der Waals surface area contributed by atoms with Gasteiger partial charge in [0.15, 0.2) is 5.65 Å². The summed E-state index contributed by atoms with van der Waals surface area (Å²) in [5.41, 5.74) is 2.09. The number of rotatable bonds is 3. The molecule has 4 N–H and O–H groups in total. The molecule has 35 heavy (non-hydrogen) atoms. The van der Waals surface area contributed by atoms with Crippen LogP contribution >= 0.6 is 0 Å². The lowest BCUT2D eigenvalue weighted by Crippen LogP contribution is -2.52. The number of benzene rings is 1. The smallest absolute Gasteiger partial charge is 0.411 e. The molecular weight excluding hydrogens is 459 g/mol. The fourth-order valence-electron chi connectivity index (χ4n) is 4.40. The summed E-state index contributed by atoms with van der Waals surface area (Å²) < 4.78 is 18.9. The van der Waals surface area contributed by atoms with Crippen molar-refractivity contribution in [3.8, 4) is 16.9 Å². The van der Waals surface area contributed by atoms with Gasteiger partial charge in [-0.15, -0.1) is 0 Å². The van der Waals surface area contributed by atoms with Gasteiger partial charge in [0.1, 0.15) is 19.0 Å². The van der Waals surface area contributed by atoms with E-state index in [9.17, 15) is 19.1 Å². The van der Waals surface area contributed by atoms with E-state index in [1.54, 1.807) is 16.0 Å². The van der Waals surface area contributed by atoms with Gasteiger partial charge in [0.2, 0.25) is 5.95 Å². The zero-order valence-electron chi connectivity index (χ0n) is 18.8. The molecule has 11 nitrogen and oxygen atoms in total. The fraction of sp³-hybridized carbons (Fsp3) is 0.391. The highest BCUT2D eigenvalue weighted by Crippen LogP contribution is 2.31. The van der Waals surface area contributed by atoms with Crippen LogP contribution < -0.4 is 10.1 Å². The monoisotopic (exact) mass is 484 g/mol. The van der Waals surface area contributed by atoms with E-state index in [-0.39, 0.29) is 24.8 Å². The zero-order valence-corrected chi connectivity index (χ0v) is 18.8. The molecule has 0 radical (unpaired) electrons. The van der Waals surface area contributed by atoms with Crippen LogP contribution in [0.5, 0.6) is 5.75 Å². The molecule has 1 fully saturated rings. The Labute approximate surface area is 199 Å². The number of nitrogens with zero attached hydrogens (tertiary/aromatic N) is 4. The van der Waals surface area contributed by atoms with Crippen molar-refractivity contribution < 1.29 is 28.9 Å². The van der Waals surface area contributed by atoms with Gasteiger partial charge in [0.05, 0.1) is 24.2 Å². The SMILES string of the molecule is O=C(O)Nc1nc2ncc(-c3ccc4c(c3)CN(C(=O)N3CCC(O)(CF)CC3)CCO4)cc2[nH]1. The summed E-state index contributed by atoms with van der Waals surface area (Å²) in [5, 5.41) is 21.2. The second kappa shape index (κ2) is 9.02. The Morgan fingerprint density at radius 1 is 1.17 bits per heavy atom. The summed E-state index contributed by atoms with van der Waals surface area (Å²) in [6.07, 6.45) is 0.854. The Hall–Kier alpha value is -3.93. The molecule has 0 aliphatic carbocycles. The number of amides is 3. The number of nitrogens with one attached hydrogen (secondary N) is 2. The van der Waals surface area contributed by atoms with Gasteiger partial charge in [-0.05, 0) is 36.6 Å². The van der Waals surface area contributed by atoms with E-state index in [4.69, 9.17) is 9.84 Å². The number of carboxylic acid groups (broad SMARTS) is 1. The normalized spacial score (nSPS) is 17.4. The van der Waals surface area contributed by atoms with Crippen LogP contribution in [0.15, 0.2) is 30.5 Å². The molecule has 0 spiro atoms. The van der Waals surface area contributed by atoms with Crippen LogP contribution in [-0.2, 0) is 6.54 Å². The minimum absolute atomic E-state index is 0.0873. The number of piperidine rings is 1. The molecular formula is C23H25FN6O5. The number of imidazole rings is 1. The van der Waals surface area contributed by atoms with E-state index in [2.05, 4.69) is 20.3 Å². The topological polar surface area (TPSA) is 144 Å². The molecule has 5 rings (SSSR count). The number of urea groups is 1. The number of carbonyl (C=O) groups excluding carboxylic acids is 1. The molecule has 4 heterocycles. The first-order valence-corrected chi connectivity index (χ1v) is 11.3. The third-order valence-electron chi connectivity index (χ3n) is 6.42. The molecule has 3 aromatic rings. The van der Waals surface area contributed by atoms with Gasteiger partial charge < -0.3 is 29.7 Å². The minimum Gasteiger partial charge on any atom is -0.491 e. The molecule has 12 heteroatoms. The number of anilines is 1. The molecule has 2 aromatic heterocycles. The number of carbonyl (C=O) groups is 2. The number of H-pyrrole nitrogens is 1. The van der Waals surface area contributed by atoms with E-state index in [1.807, 2.05) is 24.3 Å². The Morgan fingerprint density at radius 3 is 2.71 bits per heavy atom. The number of aromatic nitrogens is 3. The van der Waals surface area contributed by atoms with E-state index < -0.39 is 18.4 Å². The minimum atomic E-state index is -1.34. The quantitative estimate of drug-likeness (QED) is 0.447. The number of ether oxygens (including phenoxy) is 1. The molecule has 0 bridgehead atoms. The number of halogens is 1. The van der Waals surface area contributed by atoms with E-state index in [1.165, 1.54) is 0 Å². The lowest BCUT2D eigenvalue weighted by atomic mass is 9.93. The number of aliphatic hydroxyl groups is 1. The van der Waals surface area contributed by atoms with Crippen molar-refractivity contribution in [1.82, 2.24) is 24.8 Å². The first-order chi connectivity index (χ1) is 16.8. The molecule has 1 aromatic carbocycles. The molecule has 184 valence electrons. The van der Waals surface area contributed by atoms with Gasteiger partial charge in [-0.25, -0.2) is 19.0 Å². The maximum absolute atomic E-state index is 13.1. The third-order valence-corrected chi connectivity index (χ3v) is 6.42. The van der Waals surface area contributed by atoms with Crippen LogP contribution in [0.1, 0.15) is 18.4 Å². The van der Waals surface area contributed by atoms with Crippen LogP contribution in [0.3, 0.4) is 0 Å². The molecule has 0 atom stereocenters. The maximum atomic E-state index is 13.1. The summed E-state index contributed by atoms with van der Waals surface area (Å²) in [6, 6.07) is 7.36. The van der Waals surface area contributed by atoms with Crippen LogP contribution in [-0.4, -0.2) is 85.6 Å². The Bertz CT molecular complexity index is 1270. The van der Waals surface area contributed by atoms with Gasteiger partial charge in [0.25, 0.3) is 0 Å². The summed E-state index contributed by atoms with van der Waals surface area (Å²) in [5.74, 6) is 0.780. The summed E-state index contributed by atoms with van der Waals surface area (Å²) in [6.45, 7) is 0.906. The maximum Gasteiger partial charge on any atom is 0.411 e. The standard InChI is InChI=1S/C23H25FN6O5/c24-13-23(34)3-5-29(6-4-23)22(33)30-7-8-35-18-2-1-14(9-16(18)12-30)15-10-17-19(25-11-15)27-20(26-17)28-21(31)32/h1-2,9-11,34H,3-8,12-13H2,(H,31,32)(H2,25,26,27,28). The first kappa shape index (κ1) is 22.8. The van der Waals surface area contributed by atoms with Crippen molar-refractivity contribution >= 4 is 29.2 Å². The Balaban J connectivity index is 1.35. The van der Waals surface area contributed by atoms with Crippen LogP contribution in [0.4, 0.5) is 19.9 Å². The number of fused-ring (bicyclic) bond motifs is 2. The van der Waals surface area contributed by atoms with Gasteiger partial charge in [-0.1, -0.05) is 6.07 Å². The number of likely N-dealkylation sites (tertiary alicyclic amines) is 1. The Kier molecular flexibility index (Phi) is 5.89. The lowest BCUT2D eigenvalue weighted by molar-refractivity contribution is -0.0329. The molecule has 3 amide bonds. The highest BCUT2D eigenvalue weighted by molar-refractivity contribution is 5.85. The lowest BCUT2D eigenvalue weighted by Gasteiger charge is -2.38. The van der Waals surface area contributed by atoms with Gasteiger partial charge >= 0.3 is 12.1 Å². The Morgan fingerprint density at radius 2 is 1.97 bits per heavy atom. The average Bonchev–Trinajstić information content (AvgIpc) is 3.11. The highest BCUT2D eigenvalue weighted by atomic mass is 19.1. The number of alkyl halides is 1. The van der Waals surface area contributed by atoms with Crippen molar-refractivity contribution in [2.24, 2.45) is 0 Å². The summed E-state index contributed by atoms with van der Waals surface area (Å²) in [4.78, 5) is 38.7. The van der Waals surface area contributed by atoms with Crippen molar-refractivity contribution in [3.05, 3.63) is 36.0 Å². The molecule has 0 saturated carbocycles. The zero-order chi connectivity index (χ0) is 24.6. The van der Waals surface area contributed by atoms with Gasteiger partial charge in [-0.2, -0.15) is 4.98 Å². The number of pyridine rings is 1. The van der Waals surface area contributed by atoms with Crippen molar-refractivity contribution in [3.63, 3.8) is 0 Å². The van der Waals surface area contributed by atoms with E-state index in [0.29, 0.717) is 49.7 Å². The van der Waals surface area contributed by atoms with E-state index >= 15 is 0 Å². The van der Waals surface area contributed by atoms with Crippen LogP contribution in [0, 0.1) is 0 Å². The van der Waals surface area contributed by atoms with Crippen LogP contribution in [0.2, 0.25) is 0 Å². The average molecular weight is 484 g/mol. The number of hydrogen-bond donors (Lipinski definition) is 4. The van der Waals surface area contributed by atoms with Crippen molar-refractivity contribution in [2.45, 2.75) is 25.0 Å². The summed E-state index contributed by atoms with van der Waals surface area (Å²) in [7, 11) is 0. The molecule has 2 aliphatic heterocycles. The molecule has 2 aliphatic rings. The second-order valence-electron chi connectivity index (χ2n) is 8.83. The van der Waals surface area contributed by atoms with Gasteiger partial charge in [-0.3, -0.25) is 5.32 Å². The third kappa shape index (κ3) is 4.69. The van der Waals surface area contributed by atoms with Crippen molar-refractivity contribution in [2.75, 3.05) is 38.2 Å². The second-order valence-corrected chi connectivity index (χ2v) is 8.83. The van der Waals surface area contributed by atoms with Gasteiger partial charge in [0, 0.05) is 30.4 Å². The first-order valence-electron chi connectivity index (χ1n) is 11.3. The predicted molar refractivity (Wildman–Crippen MR) is 124 cm³/mol. The fourth-order valence-corrected chi connectivity index (χ4v) is 4.40. The van der Waals surface area contributed by atoms with E-state index in [0.717, 1.165) is 16.7 Å². The molecule has 0 unspecified atom stereocenters. The summed E-state index contributed by atoms with van der Waals surface area (Å²) >= 11 is 0. The molecule has 1 saturated heterocycles. The van der Waals surface area contributed by atoms with Crippen LogP contribution in [0.25, 0.3) is 22.3 Å². The number of aromatic amines is 1. The highest BCUT2D eigenvalue weighted by Gasteiger charge is 2.35. The number of hydrogen-bond acceptors (Lipinski definition) is 6.